The van der Waals surface area contributed by atoms with Crippen LogP contribution >= 0.6 is 11.3 Å². The molecule has 0 saturated carbocycles. The van der Waals surface area contributed by atoms with Gasteiger partial charge < -0.3 is 10.6 Å². The van der Waals surface area contributed by atoms with Gasteiger partial charge in [0.2, 0.25) is 5.91 Å². The first-order valence-electron chi connectivity index (χ1n) is 5.22. The quantitative estimate of drug-likeness (QED) is 0.782. The fourth-order valence-corrected chi connectivity index (χ4v) is 1.93. The maximum Gasteiger partial charge on any atom is 0.233 e. The monoisotopic (exact) mass is 237 g/mol. The van der Waals surface area contributed by atoms with E-state index in [1.54, 1.807) is 6.07 Å². The van der Waals surface area contributed by atoms with E-state index in [0.29, 0.717) is 18.0 Å². The Bertz CT molecular complexity index is 381. The minimum absolute atomic E-state index is 0.0129. The Balaban J connectivity index is 2.20. The SMILES string of the molecule is CCCNC(=O)CNCc1ccc(C#N)s1. The summed E-state index contributed by atoms with van der Waals surface area (Å²) in [5.74, 6) is 0.0129. The van der Waals surface area contributed by atoms with Gasteiger partial charge in [-0.05, 0) is 18.6 Å². The summed E-state index contributed by atoms with van der Waals surface area (Å²) in [4.78, 5) is 13.0. The Morgan fingerprint density at radius 3 is 3.00 bits per heavy atom. The first-order chi connectivity index (χ1) is 7.76. The smallest absolute Gasteiger partial charge is 0.233 e. The molecule has 0 fully saturated rings. The summed E-state index contributed by atoms with van der Waals surface area (Å²) in [6.45, 7) is 3.69. The zero-order valence-electron chi connectivity index (χ0n) is 9.25. The van der Waals surface area contributed by atoms with Gasteiger partial charge in [-0.15, -0.1) is 11.3 Å². The first kappa shape index (κ1) is 12.7. The molecular formula is C11H15N3OS. The van der Waals surface area contributed by atoms with E-state index in [9.17, 15) is 4.79 Å². The molecule has 0 aromatic carbocycles. The molecule has 86 valence electrons. The van der Waals surface area contributed by atoms with Crippen LogP contribution in [0.15, 0.2) is 12.1 Å². The number of carbonyl (C=O) groups is 1. The van der Waals surface area contributed by atoms with E-state index >= 15 is 0 Å². The molecule has 1 amide bonds. The molecule has 0 atom stereocenters. The Labute approximate surface area is 99.3 Å². The lowest BCUT2D eigenvalue weighted by molar-refractivity contribution is -0.120. The van der Waals surface area contributed by atoms with Crippen LogP contribution in [0, 0.1) is 11.3 Å². The lowest BCUT2D eigenvalue weighted by atomic mass is 10.4. The molecule has 0 unspecified atom stereocenters. The van der Waals surface area contributed by atoms with Crippen molar-refractivity contribution in [3.63, 3.8) is 0 Å². The Hall–Kier alpha value is -1.38. The molecule has 16 heavy (non-hydrogen) atoms. The van der Waals surface area contributed by atoms with Crippen LogP contribution in [0.1, 0.15) is 23.1 Å². The standard InChI is InChI=1S/C11H15N3OS/c1-2-5-14-11(15)8-13-7-10-4-3-9(6-12)16-10/h3-4,13H,2,5,7-8H2,1H3,(H,14,15). The minimum atomic E-state index is 0.0129. The highest BCUT2D eigenvalue weighted by atomic mass is 32.1. The van der Waals surface area contributed by atoms with Crippen molar-refractivity contribution in [1.29, 1.82) is 5.26 Å². The molecule has 5 heteroatoms. The molecule has 0 saturated heterocycles. The van der Waals surface area contributed by atoms with Crippen molar-refractivity contribution in [2.75, 3.05) is 13.1 Å². The largest absolute Gasteiger partial charge is 0.355 e. The Morgan fingerprint density at radius 2 is 2.38 bits per heavy atom. The second-order valence-corrected chi connectivity index (χ2v) is 4.50. The molecule has 1 aromatic heterocycles. The number of nitriles is 1. The van der Waals surface area contributed by atoms with Crippen molar-refractivity contribution in [3.8, 4) is 6.07 Å². The summed E-state index contributed by atoms with van der Waals surface area (Å²) in [7, 11) is 0. The normalized spacial score (nSPS) is 9.75. The average molecular weight is 237 g/mol. The van der Waals surface area contributed by atoms with Crippen molar-refractivity contribution in [2.45, 2.75) is 19.9 Å². The number of hydrogen-bond donors (Lipinski definition) is 2. The lowest BCUT2D eigenvalue weighted by Crippen LogP contribution is -2.33. The van der Waals surface area contributed by atoms with E-state index in [1.807, 2.05) is 13.0 Å². The van der Waals surface area contributed by atoms with Crippen LogP contribution in [0.5, 0.6) is 0 Å². The van der Waals surface area contributed by atoms with Crippen molar-refractivity contribution in [1.82, 2.24) is 10.6 Å². The van der Waals surface area contributed by atoms with Gasteiger partial charge in [-0.25, -0.2) is 0 Å². The lowest BCUT2D eigenvalue weighted by Gasteiger charge is -2.04. The van der Waals surface area contributed by atoms with Crippen molar-refractivity contribution >= 4 is 17.2 Å². The molecule has 0 aliphatic rings. The number of hydrogen-bond acceptors (Lipinski definition) is 4. The highest BCUT2D eigenvalue weighted by Crippen LogP contribution is 2.14. The second-order valence-electron chi connectivity index (χ2n) is 3.33. The van der Waals surface area contributed by atoms with E-state index in [0.717, 1.165) is 17.8 Å². The van der Waals surface area contributed by atoms with Gasteiger partial charge >= 0.3 is 0 Å². The van der Waals surface area contributed by atoms with Gasteiger partial charge in [0, 0.05) is 18.0 Å². The molecular weight excluding hydrogens is 222 g/mol. The van der Waals surface area contributed by atoms with Crippen LogP contribution in [-0.2, 0) is 11.3 Å². The van der Waals surface area contributed by atoms with Crippen molar-refractivity contribution in [2.24, 2.45) is 0 Å². The van der Waals surface area contributed by atoms with Crippen molar-refractivity contribution < 1.29 is 4.79 Å². The summed E-state index contributed by atoms with van der Waals surface area (Å²) in [5.41, 5.74) is 0. The van der Waals surface area contributed by atoms with Gasteiger partial charge in [0.15, 0.2) is 0 Å². The molecule has 1 heterocycles. The number of nitrogens with zero attached hydrogens (tertiary/aromatic N) is 1. The molecule has 2 N–H and O–H groups in total. The van der Waals surface area contributed by atoms with E-state index in [2.05, 4.69) is 16.7 Å². The van der Waals surface area contributed by atoms with E-state index in [4.69, 9.17) is 5.26 Å². The molecule has 0 spiro atoms. The number of carbonyl (C=O) groups excluding carboxylic acids is 1. The third kappa shape index (κ3) is 4.43. The molecule has 0 aliphatic heterocycles. The van der Waals surface area contributed by atoms with Crippen LogP contribution in [0.4, 0.5) is 0 Å². The van der Waals surface area contributed by atoms with E-state index in [1.165, 1.54) is 11.3 Å². The third-order valence-electron chi connectivity index (χ3n) is 1.93. The predicted octanol–water partition coefficient (Wildman–Crippen LogP) is 1.24. The highest BCUT2D eigenvalue weighted by molar-refractivity contribution is 7.12. The second kappa shape index (κ2) is 6.99. The average Bonchev–Trinajstić information content (AvgIpc) is 2.74. The summed E-state index contributed by atoms with van der Waals surface area (Å²) in [6, 6.07) is 5.78. The van der Waals surface area contributed by atoms with Crippen LogP contribution < -0.4 is 10.6 Å². The topological polar surface area (TPSA) is 64.9 Å². The van der Waals surface area contributed by atoms with Gasteiger partial charge in [0.05, 0.1) is 6.54 Å². The predicted molar refractivity (Wildman–Crippen MR) is 64.0 cm³/mol. The fraction of sp³-hybridized carbons (Fsp3) is 0.455. The summed E-state index contributed by atoms with van der Waals surface area (Å²) >= 11 is 1.45. The van der Waals surface area contributed by atoms with Gasteiger partial charge in [-0.3, -0.25) is 4.79 Å². The van der Waals surface area contributed by atoms with Gasteiger partial charge in [-0.1, -0.05) is 6.92 Å². The molecule has 0 radical (unpaired) electrons. The van der Waals surface area contributed by atoms with Crippen LogP contribution in [-0.4, -0.2) is 19.0 Å². The molecule has 4 nitrogen and oxygen atoms in total. The Kier molecular flexibility index (Phi) is 5.54. The minimum Gasteiger partial charge on any atom is -0.355 e. The maximum atomic E-state index is 11.2. The molecule has 1 aromatic rings. The number of amides is 1. The zero-order valence-corrected chi connectivity index (χ0v) is 10.1. The first-order valence-corrected chi connectivity index (χ1v) is 6.04. The van der Waals surface area contributed by atoms with Gasteiger partial charge in [0.1, 0.15) is 10.9 Å². The van der Waals surface area contributed by atoms with Crippen LogP contribution in [0.3, 0.4) is 0 Å². The molecule has 1 rings (SSSR count). The van der Waals surface area contributed by atoms with E-state index in [-0.39, 0.29) is 5.91 Å². The molecule has 0 bridgehead atoms. The number of rotatable bonds is 6. The maximum absolute atomic E-state index is 11.2. The zero-order chi connectivity index (χ0) is 11.8. The van der Waals surface area contributed by atoms with Gasteiger partial charge in [-0.2, -0.15) is 5.26 Å². The summed E-state index contributed by atoms with van der Waals surface area (Å²) in [6.07, 6.45) is 0.947. The summed E-state index contributed by atoms with van der Waals surface area (Å²) in [5, 5.41) is 14.5. The third-order valence-corrected chi connectivity index (χ3v) is 2.92. The molecule has 0 aliphatic carbocycles. The Morgan fingerprint density at radius 1 is 1.56 bits per heavy atom. The fourth-order valence-electron chi connectivity index (χ4n) is 1.16. The van der Waals surface area contributed by atoms with Crippen LogP contribution in [0.2, 0.25) is 0 Å². The highest BCUT2D eigenvalue weighted by Gasteiger charge is 2.01. The van der Waals surface area contributed by atoms with Crippen molar-refractivity contribution in [3.05, 3.63) is 21.9 Å². The summed E-state index contributed by atoms with van der Waals surface area (Å²) < 4.78 is 0. The van der Waals surface area contributed by atoms with Crippen LogP contribution in [0.25, 0.3) is 0 Å². The van der Waals surface area contributed by atoms with E-state index < -0.39 is 0 Å². The van der Waals surface area contributed by atoms with Gasteiger partial charge in [0.25, 0.3) is 0 Å². The number of nitrogens with one attached hydrogen (secondary N) is 2. The number of thiophene rings is 1.